The Kier molecular flexibility index (Phi) is 3.24. The molecule has 5 nitrogen and oxygen atoms in total. The monoisotopic (exact) mass is 288 g/mol. The minimum Gasteiger partial charge on any atom is -0.478 e. The maximum atomic E-state index is 11.4. The van der Waals surface area contributed by atoms with Crippen LogP contribution >= 0.6 is 0 Å². The fourth-order valence-electron chi connectivity index (χ4n) is 2.60. The Morgan fingerprint density at radius 3 is 2.76 bits per heavy atom. The van der Waals surface area contributed by atoms with Crippen LogP contribution in [-0.2, 0) is 11.3 Å². The number of imidazole rings is 1. The van der Waals surface area contributed by atoms with E-state index in [9.17, 15) is 9.90 Å². The molecule has 0 amide bonds. The average Bonchev–Trinajstić information content (AvgIpc) is 3.22. The van der Waals surface area contributed by atoms with E-state index in [1.165, 1.54) is 0 Å². The molecule has 1 aliphatic carbocycles. The highest BCUT2D eigenvalue weighted by Crippen LogP contribution is 2.41. The summed E-state index contributed by atoms with van der Waals surface area (Å²) in [5, 5.41) is 9.34. The highest BCUT2D eigenvalue weighted by atomic mass is 16.5. The first kappa shape index (κ1) is 14.1. The number of para-hydroxylation sites is 1. The van der Waals surface area contributed by atoms with E-state index in [0.717, 1.165) is 24.2 Å². The third-order valence-corrected chi connectivity index (χ3v) is 4.07. The van der Waals surface area contributed by atoms with Crippen molar-refractivity contribution in [3.05, 3.63) is 29.6 Å². The quantitative estimate of drug-likeness (QED) is 0.918. The third-order valence-electron chi connectivity index (χ3n) is 4.07. The number of rotatable bonds is 5. The number of methoxy groups -OCH3 is 1. The van der Waals surface area contributed by atoms with Gasteiger partial charge in [0.2, 0.25) is 0 Å². The molecule has 0 saturated heterocycles. The molecule has 0 radical (unpaired) electrons. The zero-order valence-corrected chi connectivity index (χ0v) is 12.6. The Labute approximate surface area is 123 Å². The third kappa shape index (κ3) is 2.53. The van der Waals surface area contributed by atoms with Gasteiger partial charge in [-0.3, -0.25) is 0 Å². The molecule has 1 N–H and O–H groups in total. The number of aromatic nitrogens is 2. The molecule has 21 heavy (non-hydrogen) atoms. The maximum Gasteiger partial charge on any atom is 0.337 e. The summed E-state index contributed by atoms with van der Waals surface area (Å²) in [7, 11) is 1.69. The molecule has 3 rings (SSSR count). The Bertz CT molecular complexity index is 699. The maximum absolute atomic E-state index is 11.4. The van der Waals surface area contributed by atoms with E-state index in [0.29, 0.717) is 18.0 Å². The van der Waals surface area contributed by atoms with Crippen LogP contribution < -0.4 is 0 Å². The van der Waals surface area contributed by atoms with Crippen molar-refractivity contribution in [1.82, 2.24) is 9.55 Å². The van der Waals surface area contributed by atoms with Gasteiger partial charge in [0.05, 0.1) is 23.2 Å². The van der Waals surface area contributed by atoms with E-state index in [4.69, 9.17) is 4.74 Å². The predicted molar refractivity (Wildman–Crippen MR) is 79.8 cm³/mol. The second kappa shape index (κ2) is 4.84. The van der Waals surface area contributed by atoms with Gasteiger partial charge in [0, 0.05) is 13.0 Å². The molecule has 0 aliphatic heterocycles. The van der Waals surface area contributed by atoms with Gasteiger partial charge in [0.15, 0.2) is 0 Å². The summed E-state index contributed by atoms with van der Waals surface area (Å²) in [5.41, 5.74) is 1.40. The molecule has 1 aliphatic rings. The Balaban J connectivity index is 2.18. The van der Waals surface area contributed by atoms with E-state index in [2.05, 4.69) is 9.55 Å². The number of hydrogen-bond acceptors (Lipinski definition) is 3. The lowest BCUT2D eigenvalue weighted by Crippen LogP contribution is -2.29. The van der Waals surface area contributed by atoms with Crippen LogP contribution in [0.4, 0.5) is 0 Å². The number of aromatic carboxylic acids is 1. The second-order valence-electron chi connectivity index (χ2n) is 6.27. The lowest BCUT2D eigenvalue weighted by molar-refractivity contribution is 0.00842. The fourth-order valence-corrected chi connectivity index (χ4v) is 2.60. The highest BCUT2D eigenvalue weighted by Gasteiger charge is 2.32. The first-order chi connectivity index (χ1) is 9.93. The molecule has 1 fully saturated rings. The Morgan fingerprint density at radius 1 is 1.48 bits per heavy atom. The summed E-state index contributed by atoms with van der Waals surface area (Å²) < 4.78 is 7.66. The first-order valence-corrected chi connectivity index (χ1v) is 7.20. The zero-order chi connectivity index (χ0) is 15.2. The van der Waals surface area contributed by atoms with E-state index in [1.807, 2.05) is 19.9 Å². The molecule has 2 aromatic rings. The molecule has 0 bridgehead atoms. The lowest BCUT2D eigenvalue weighted by atomic mass is 10.1. The summed E-state index contributed by atoms with van der Waals surface area (Å²) in [6.07, 6.45) is 2.25. The smallest absolute Gasteiger partial charge is 0.337 e. The van der Waals surface area contributed by atoms with Crippen molar-refractivity contribution in [2.75, 3.05) is 7.11 Å². The van der Waals surface area contributed by atoms with Crippen molar-refractivity contribution in [2.45, 2.75) is 44.8 Å². The summed E-state index contributed by atoms with van der Waals surface area (Å²) in [6, 6.07) is 5.33. The molecule has 0 spiro atoms. The number of carboxylic acid groups (broad SMARTS) is 1. The average molecular weight is 288 g/mol. The van der Waals surface area contributed by atoms with Crippen LogP contribution in [0.2, 0.25) is 0 Å². The number of carboxylic acids is 1. The predicted octanol–water partition coefficient (Wildman–Crippen LogP) is 3.04. The summed E-state index contributed by atoms with van der Waals surface area (Å²) in [5.74, 6) is 0.508. The van der Waals surface area contributed by atoms with Gasteiger partial charge in [-0.05, 0) is 38.8 Å². The number of hydrogen-bond donors (Lipinski definition) is 1. The van der Waals surface area contributed by atoms with Crippen molar-refractivity contribution < 1.29 is 14.6 Å². The van der Waals surface area contributed by atoms with Crippen LogP contribution in [0.1, 0.15) is 48.8 Å². The van der Waals surface area contributed by atoms with Crippen molar-refractivity contribution in [2.24, 2.45) is 0 Å². The molecule has 112 valence electrons. The number of fused-ring (bicyclic) bond motifs is 1. The van der Waals surface area contributed by atoms with Crippen molar-refractivity contribution in [3.8, 4) is 0 Å². The van der Waals surface area contributed by atoms with Gasteiger partial charge < -0.3 is 14.4 Å². The van der Waals surface area contributed by atoms with Gasteiger partial charge in [0.25, 0.3) is 0 Å². The SMILES string of the molecule is COC(C)(C)Cn1c(C2CC2)nc2c(C(=O)O)cccc21. The minimum atomic E-state index is -0.932. The molecule has 1 heterocycles. The number of benzene rings is 1. The van der Waals surface area contributed by atoms with Gasteiger partial charge in [-0.25, -0.2) is 9.78 Å². The van der Waals surface area contributed by atoms with E-state index < -0.39 is 5.97 Å². The van der Waals surface area contributed by atoms with Crippen LogP contribution in [0.25, 0.3) is 11.0 Å². The normalized spacial score (nSPS) is 15.6. The summed E-state index contributed by atoms with van der Waals surface area (Å²) >= 11 is 0. The van der Waals surface area contributed by atoms with Crippen LogP contribution in [0.5, 0.6) is 0 Å². The zero-order valence-electron chi connectivity index (χ0n) is 12.6. The van der Waals surface area contributed by atoms with Gasteiger partial charge >= 0.3 is 5.97 Å². The molecule has 1 aromatic heterocycles. The molecule has 5 heteroatoms. The molecule has 0 unspecified atom stereocenters. The molecular weight excluding hydrogens is 268 g/mol. The lowest BCUT2D eigenvalue weighted by Gasteiger charge is -2.25. The molecular formula is C16H20N2O3. The Hall–Kier alpha value is -1.88. The number of carbonyl (C=O) groups is 1. The highest BCUT2D eigenvalue weighted by molar-refractivity contribution is 6.01. The van der Waals surface area contributed by atoms with Crippen LogP contribution in [0.15, 0.2) is 18.2 Å². The summed E-state index contributed by atoms with van der Waals surface area (Å²) in [6.45, 7) is 4.71. The largest absolute Gasteiger partial charge is 0.478 e. The standard InChI is InChI=1S/C16H20N2O3/c1-16(2,21-3)9-18-12-6-4-5-11(15(19)20)13(12)17-14(18)10-7-8-10/h4-6,10H,7-9H2,1-3H3,(H,19,20). The van der Waals surface area contributed by atoms with Gasteiger partial charge in [-0.2, -0.15) is 0 Å². The molecule has 1 aromatic carbocycles. The topological polar surface area (TPSA) is 64.4 Å². The van der Waals surface area contributed by atoms with E-state index in [-0.39, 0.29) is 11.2 Å². The Morgan fingerprint density at radius 2 is 2.19 bits per heavy atom. The van der Waals surface area contributed by atoms with Crippen molar-refractivity contribution in [3.63, 3.8) is 0 Å². The van der Waals surface area contributed by atoms with Crippen LogP contribution in [0.3, 0.4) is 0 Å². The van der Waals surface area contributed by atoms with Crippen LogP contribution in [0, 0.1) is 0 Å². The van der Waals surface area contributed by atoms with Crippen molar-refractivity contribution in [1.29, 1.82) is 0 Å². The molecule has 0 atom stereocenters. The minimum absolute atomic E-state index is 0.267. The number of ether oxygens (including phenoxy) is 1. The second-order valence-corrected chi connectivity index (χ2v) is 6.27. The van der Waals surface area contributed by atoms with E-state index >= 15 is 0 Å². The fraction of sp³-hybridized carbons (Fsp3) is 0.500. The van der Waals surface area contributed by atoms with Gasteiger partial charge in [0.1, 0.15) is 11.3 Å². The van der Waals surface area contributed by atoms with Crippen molar-refractivity contribution >= 4 is 17.0 Å². The number of nitrogens with zero attached hydrogens (tertiary/aromatic N) is 2. The molecule has 1 saturated carbocycles. The summed E-state index contributed by atoms with van der Waals surface area (Å²) in [4.78, 5) is 16.0. The van der Waals surface area contributed by atoms with Gasteiger partial charge in [-0.15, -0.1) is 0 Å². The van der Waals surface area contributed by atoms with Gasteiger partial charge in [-0.1, -0.05) is 6.07 Å². The van der Waals surface area contributed by atoms with Crippen LogP contribution in [-0.4, -0.2) is 33.3 Å². The first-order valence-electron chi connectivity index (χ1n) is 7.20. The van der Waals surface area contributed by atoms with E-state index in [1.54, 1.807) is 19.2 Å².